The molecule has 8 heteroatoms. The molecule has 7 nitrogen and oxygen atoms in total. The van der Waals surface area contributed by atoms with Crippen LogP contribution in [0.4, 0.5) is 10.5 Å². The van der Waals surface area contributed by atoms with Crippen LogP contribution in [0.1, 0.15) is 18.9 Å². The lowest BCUT2D eigenvalue weighted by molar-refractivity contribution is -0.117. The topological polar surface area (TPSA) is 85.9 Å². The fraction of sp³-hybridized carbons (Fsp3) is 0.300. The van der Waals surface area contributed by atoms with Crippen LogP contribution < -0.4 is 20.1 Å². The molecular formula is C20H21ClN2O5. The molecule has 0 saturated carbocycles. The predicted molar refractivity (Wildman–Crippen MR) is 105 cm³/mol. The van der Waals surface area contributed by atoms with E-state index < -0.39 is 18.0 Å². The summed E-state index contributed by atoms with van der Waals surface area (Å²) in [5.74, 6) is 0.615. The van der Waals surface area contributed by atoms with Crippen LogP contribution >= 0.6 is 11.6 Å². The highest BCUT2D eigenvalue weighted by Crippen LogP contribution is 2.37. The minimum absolute atomic E-state index is 0.120. The van der Waals surface area contributed by atoms with E-state index >= 15 is 0 Å². The largest absolute Gasteiger partial charge is 0.490 e. The van der Waals surface area contributed by atoms with Crippen molar-refractivity contribution >= 4 is 29.3 Å². The SMILES string of the molecule is C[C@H](NC(=O)OCc1ccccc1)C(=O)Nc1cc2c(cc1Cl)OCCCO2. The fourth-order valence-electron chi connectivity index (χ4n) is 2.53. The van der Waals surface area contributed by atoms with Crippen molar-refractivity contribution in [2.24, 2.45) is 0 Å². The van der Waals surface area contributed by atoms with Crippen LogP contribution in [0.2, 0.25) is 5.02 Å². The first-order valence-electron chi connectivity index (χ1n) is 8.90. The Bertz CT molecular complexity index is 844. The van der Waals surface area contributed by atoms with Crippen LogP contribution in [0.25, 0.3) is 0 Å². The molecule has 3 rings (SSSR count). The van der Waals surface area contributed by atoms with Crippen molar-refractivity contribution in [3.63, 3.8) is 0 Å². The Morgan fingerprint density at radius 3 is 2.54 bits per heavy atom. The molecule has 1 heterocycles. The van der Waals surface area contributed by atoms with Gasteiger partial charge in [-0.05, 0) is 12.5 Å². The molecule has 0 aromatic heterocycles. The van der Waals surface area contributed by atoms with Crippen molar-refractivity contribution in [3.05, 3.63) is 53.1 Å². The monoisotopic (exact) mass is 404 g/mol. The van der Waals surface area contributed by atoms with E-state index in [9.17, 15) is 9.59 Å². The molecule has 2 amide bonds. The number of benzene rings is 2. The van der Waals surface area contributed by atoms with Gasteiger partial charge in [-0.2, -0.15) is 0 Å². The molecule has 0 unspecified atom stereocenters. The lowest BCUT2D eigenvalue weighted by Crippen LogP contribution is -2.41. The van der Waals surface area contributed by atoms with Gasteiger partial charge in [0.25, 0.3) is 0 Å². The molecular weight excluding hydrogens is 384 g/mol. The summed E-state index contributed by atoms with van der Waals surface area (Å²) in [6.45, 7) is 2.74. The second kappa shape index (κ2) is 9.32. The molecule has 1 atom stereocenters. The molecule has 1 aliphatic heterocycles. The molecule has 0 radical (unpaired) electrons. The van der Waals surface area contributed by atoms with Crippen molar-refractivity contribution in [1.82, 2.24) is 5.32 Å². The third-order valence-corrected chi connectivity index (χ3v) is 4.35. The molecule has 28 heavy (non-hydrogen) atoms. The quantitative estimate of drug-likeness (QED) is 0.792. The van der Waals surface area contributed by atoms with Crippen molar-refractivity contribution in [2.45, 2.75) is 26.0 Å². The van der Waals surface area contributed by atoms with E-state index in [1.807, 2.05) is 30.3 Å². The van der Waals surface area contributed by atoms with E-state index in [4.69, 9.17) is 25.8 Å². The number of hydrogen-bond donors (Lipinski definition) is 2. The standard InChI is InChI=1S/C20H21ClN2O5/c1-13(22-20(25)28-12-14-6-3-2-4-7-14)19(24)23-16-11-18-17(10-15(16)21)26-8-5-9-27-18/h2-4,6-7,10-11,13H,5,8-9,12H2,1H3,(H,22,25)(H,23,24)/t13-/m0/s1. The first-order valence-corrected chi connectivity index (χ1v) is 9.28. The summed E-state index contributed by atoms with van der Waals surface area (Å²) in [5, 5.41) is 5.49. The van der Waals surface area contributed by atoms with Gasteiger partial charge in [-0.1, -0.05) is 41.9 Å². The maximum Gasteiger partial charge on any atom is 0.408 e. The van der Waals surface area contributed by atoms with E-state index in [0.29, 0.717) is 35.4 Å². The predicted octanol–water partition coefficient (Wildman–Crippen LogP) is 3.75. The highest BCUT2D eigenvalue weighted by atomic mass is 35.5. The minimum Gasteiger partial charge on any atom is -0.490 e. The third kappa shape index (κ3) is 5.29. The van der Waals surface area contributed by atoms with Crippen molar-refractivity contribution < 1.29 is 23.8 Å². The number of alkyl carbamates (subject to hydrolysis) is 1. The Kier molecular flexibility index (Phi) is 6.60. The number of rotatable bonds is 5. The van der Waals surface area contributed by atoms with Gasteiger partial charge in [0.1, 0.15) is 12.6 Å². The number of amides is 2. The Labute approximate surface area is 167 Å². The van der Waals surface area contributed by atoms with Gasteiger partial charge >= 0.3 is 6.09 Å². The van der Waals surface area contributed by atoms with Gasteiger partial charge in [-0.25, -0.2) is 4.79 Å². The van der Waals surface area contributed by atoms with Crippen molar-refractivity contribution in [3.8, 4) is 11.5 Å². The number of hydrogen-bond acceptors (Lipinski definition) is 5. The van der Waals surface area contributed by atoms with E-state index in [1.165, 1.54) is 0 Å². The number of ether oxygens (including phenoxy) is 3. The maximum absolute atomic E-state index is 12.4. The highest BCUT2D eigenvalue weighted by molar-refractivity contribution is 6.34. The summed E-state index contributed by atoms with van der Waals surface area (Å²) in [7, 11) is 0. The Morgan fingerprint density at radius 1 is 1.14 bits per heavy atom. The van der Waals surface area contributed by atoms with E-state index in [2.05, 4.69) is 10.6 Å². The number of fused-ring (bicyclic) bond motifs is 1. The Balaban J connectivity index is 1.55. The summed E-state index contributed by atoms with van der Waals surface area (Å²) >= 11 is 6.22. The average Bonchev–Trinajstić information content (AvgIpc) is 2.92. The van der Waals surface area contributed by atoms with Crippen LogP contribution in [-0.4, -0.2) is 31.3 Å². The molecule has 0 bridgehead atoms. The van der Waals surface area contributed by atoms with Gasteiger partial charge in [0.05, 0.1) is 23.9 Å². The van der Waals surface area contributed by atoms with E-state index in [0.717, 1.165) is 12.0 Å². The molecule has 0 spiro atoms. The van der Waals surface area contributed by atoms with Crippen LogP contribution in [0.15, 0.2) is 42.5 Å². The zero-order valence-corrected chi connectivity index (χ0v) is 16.1. The number of halogens is 1. The molecule has 2 aromatic rings. The summed E-state index contributed by atoms with van der Waals surface area (Å²) in [6.07, 6.45) is 0.0799. The Morgan fingerprint density at radius 2 is 1.82 bits per heavy atom. The van der Waals surface area contributed by atoms with Crippen molar-refractivity contribution in [1.29, 1.82) is 0 Å². The van der Waals surface area contributed by atoms with Crippen LogP contribution in [0.3, 0.4) is 0 Å². The third-order valence-electron chi connectivity index (χ3n) is 4.04. The molecule has 0 fully saturated rings. The van der Waals surface area contributed by atoms with Gasteiger partial charge in [-0.15, -0.1) is 0 Å². The summed E-state index contributed by atoms with van der Waals surface area (Å²) in [4.78, 5) is 24.3. The average molecular weight is 405 g/mol. The van der Waals surface area contributed by atoms with E-state index in [1.54, 1.807) is 19.1 Å². The number of carbonyl (C=O) groups excluding carboxylic acids is 2. The molecule has 0 saturated heterocycles. The molecule has 148 valence electrons. The second-order valence-corrected chi connectivity index (χ2v) is 6.65. The van der Waals surface area contributed by atoms with E-state index in [-0.39, 0.29) is 6.61 Å². The smallest absolute Gasteiger partial charge is 0.408 e. The first kappa shape index (κ1) is 19.8. The zero-order chi connectivity index (χ0) is 19.9. The molecule has 2 N–H and O–H groups in total. The van der Waals surface area contributed by atoms with Crippen molar-refractivity contribution in [2.75, 3.05) is 18.5 Å². The fourth-order valence-corrected chi connectivity index (χ4v) is 2.73. The Hall–Kier alpha value is -2.93. The number of anilines is 1. The van der Waals surface area contributed by atoms with Gasteiger partial charge < -0.3 is 24.8 Å². The number of carbonyl (C=O) groups is 2. The number of nitrogens with one attached hydrogen (secondary N) is 2. The van der Waals surface area contributed by atoms with Gasteiger partial charge in [-0.3, -0.25) is 4.79 Å². The zero-order valence-electron chi connectivity index (χ0n) is 15.4. The lowest BCUT2D eigenvalue weighted by Gasteiger charge is -2.16. The lowest BCUT2D eigenvalue weighted by atomic mass is 10.2. The maximum atomic E-state index is 12.4. The molecule has 2 aromatic carbocycles. The normalized spacial score (nSPS) is 13.8. The second-order valence-electron chi connectivity index (χ2n) is 6.25. The van der Waals surface area contributed by atoms with Crippen LogP contribution in [-0.2, 0) is 16.1 Å². The van der Waals surface area contributed by atoms with Gasteiger partial charge in [0.15, 0.2) is 11.5 Å². The molecule has 1 aliphatic rings. The highest BCUT2D eigenvalue weighted by Gasteiger charge is 2.20. The molecule has 0 aliphatic carbocycles. The first-order chi connectivity index (χ1) is 13.5. The minimum atomic E-state index is -0.824. The summed E-state index contributed by atoms with van der Waals surface area (Å²) < 4.78 is 16.3. The summed E-state index contributed by atoms with van der Waals surface area (Å²) in [5.41, 5.74) is 1.23. The van der Waals surface area contributed by atoms with Gasteiger partial charge in [0, 0.05) is 18.6 Å². The van der Waals surface area contributed by atoms with Gasteiger partial charge in [0.2, 0.25) is 5.91 Å². The van der Waals surface area contributed by atoms with Crippen LogP contribution in [0, 0.1) is 0 Å². The summed E-state index contributed by atoms with van der Waals surface area (Å²) in [6, 6.07) is 11.7. The van der Waals surface area contributed by atoms with Crippen LogP contribution in [0.5, 0.6) is 11.5 Å².